The van der Waals surface area contributed by atoms with Crippen molar-refractivity contribution in [2.75, 3.05) is 14.2 Å². The molecule has 5 heteroatoms. The minimum absolute atomic E-state index is 0.163. The molecule has 0 saturated heterocycles. The Hall–Kier alpha value is -3.08. The van der Waals surface area contributed by atoms with E-state index in [0.29, 0.717) is 5.56 Å². The summed E-state index contributed by atoms with van der Waals surface area (Å²) in [7, 11) is 2.59. The molecule has 2 aromatic heterocycles. The molecule has 5 nitrogen and oxygen atoms in total. The van der Waals surface area contributed by atoms with Gasteiger partial charge in [0.15, 0.2) is 0 Å². The topological polar surface area (TPSA) is 57.0 Å². The summed E-state index contributed by atoms with van der Waals surface area (Å²) < 4.78 is 11.5. The minimum Gasteiger partial charge on any atom is -0.465 e. The van der Waals surface area contributed by atoms with Gasteiger partial charge < -0.3 is 13.9 Å². The molecule has 122 valence electrons. The van der Waals surface area contributed by atoms with Gasteiger partial charge in [0.25, 0.3) is 0 Å². The zero-order chi connectivity index (χ0) is 17.3. The second-order valence-corrected chi connectivity index (χ2v) is 5.40. The van der Waals surface area contributed by atoms with Gasteiger partial charge in [-0.1, -0.05) is 35.9 Å². The quantitative estimate of drug-likeness (QED) is 0.692. The summed E-state index contributed by atoms with van der Waals surface area (Å²) in [5.41, 5.74) is 3.70. The van der Waals surface area contributed by atoms with E-state index in [1.807, 2.05) is 43.3 Å². The first kappa shape index (κ1) is 15.8. The van der Waals surface area contributed by atoms with Crippen LogP contribution in [0.2, 0.25) is 0 Å². The van der Waals surface area contributed by atoms with Crippen LogP contribution in [-0.4, -0.2) is 30.6 Å². The third-order valence-electron chi connectivity index (χ3n) is 3.95. The minimum atomic E-state index is -0.588. The number of nitrogens with zero attached hydrogens (tertiary/aromatic N) is 1. The van der Waals surface area contributed by atoms with Crippen molar-refractivity contribution < 1.29 is 19.1 Å². The summed E-state index contributed by atoms with van der Waals surface area (Å²) >= 11 is 0. The molecule has 0 amide bonds. The van der Waals surface area contributed by atoms with Gasteiger partial charge in [-0.25, -0.2) is 9.59 Å². The standard InChI is InChI=1S/C19H17NO4/c1-12-7-9-13(10-8-12)15-14-6-4-5-11-20(14)17(19(22)24-3)16(15)18(21)23-2/h4-11H,1-3H3. The Bertz CT molecular complexity index is 922. The van der Waals surface area contributed by atoms with Crippen LogP contribution in [0.3, 0.4) is 0 Å². The lowest BCUT2D eigenvalue weighted by atomic mass is 10.00. The Morgan fingerprint density at radius 3 is 2.21 bits per heavy atom. The number of rotatable bonds is 3. The van der Waals surface area contributed by atoms with Gasteiger partial charge in [-0.05, 0) is 24.6 Å². The molecule has 0 bridgehead atoms. The molecule has 2 heterocycles. The zero-order valence-corrected chi connectivity index (χ0v) is 13.7. The smallest absolute Gasteiger partial charge is 0.355 e. The molecule has 0 aliphatic rings. The largest absolute Gasteiger partial charge is 0.465 e. The molecule has 0 saturated carbocycles. The number of methoxy groups -OCH3 is 2. The van der Waals surface area contributed by atoms with Crippen LogP contribution in [0.1, 0.15) is 26.4 Å². The predicted molar refractivity (Wildman–Crippen MR) is 90.2 cm³/mol. The van der Waals surface area contributed by atoms with E-state index in [0.717, 1.165) is 16.6 Å². The van der Waals surface area contributed by atoms with Crippen molar-refractivity contribution in [2.24, 2.45) is 0 Å². The first-order valence-corrected chi connectivity index (χ1v) is 7.45. The van der Waals surface area contributed by atoms with Crippen LogP contribution in [0, 0.1) is 6.92 Å². The number of esters is 2. The van der Waals surface area contributed by atoms with Crippen LogP contribution in [0.5, 0.6) is 0 Å². The van der Waals surface area contributed by atoms with E-state index in [9.17, 15) is 9.59 Å². The van der Waals surface area contributed by atoms with Crippen LogP contribution in [0.25, 0.3) is 16.6 Å². The molecule has 0 radical (unpaired) electrons. The zero-order valence-electron chi connectivity index (χ0n) is 13.7. The SMILES string of the molecule is COC(=O)c1c(-c2ccc(C)cc2)c2ccccn2c1C(=O)OC. The first-order chi connectivity index (χ1) is 11.6. The van der Waals surface area contributed by atoms with Gasteiger partial charge in [0.2, 0.25) is 0 Å². The average molecular weight is 323 g/mol. The molecule has 0 aliphatic heterocycles. The van der Waals surface area contributed by atoms with Crippen LogP contribution in [0.4, 0.5) is 0 Å². The molecule has 24 heavy (non-hydrogen) atoms. The van der Waals surface area contributed by atoms with Crippen molar-refractivity contribution in [3.8, 4) is 11.1 Å². The van der Waals surface area contributed by atoms with E-state index < -0.39 is 11.9 Å². The number of ether oxygens (including phenoxy) is 2. The third kappa shape index (κ3) is 2.44. The van der Waals surface area contributed by atoms with Crippen molar-refractivity contribution in [3.63, 3.8) is 0 Å². The van der Waals surface area contributed by atoms with E-state index >= 15 is 0 Å². The Morgan fingerprint density at radius 2 is 1.58 bits per heavy atom. The number of pyridine rings is 1. The fourth-order valence-corrected chi connectivity index (χ4v) is 2.82. The Labute approximate surface area is 139 Å². The highest BCUT2D eigenvalue weighted by Crippen LogP contribution is 2.34. The molecular formula is C19H17NO4. The van der Waals surface area contributed by atoms with Crippen molar-refractivity contribution in [3.05, 3.63) is 65.5 Å². The molecule has 0 unspecified atom stereocenters. The number of aromatic nitrogens is 1. The number of benzene rings is 1. The summed E-state index contributed by atoms with van der Waals surface area (Å²) in [5.74, 6) is -1.16. The van der Waals surface area contributed by atoms with Gasteiger partial charge in [0, 0.05) is 11.8 Å². The lowest BCUT2D eigenvalue weighted by molar-refractivity contribution is 0.0551. The summed E-state index contributed by atoms with van der Waals surface area (Å²) in [5, 5.41) is 0. The normalized spacial score (nSPS) is 10.6. The van der Waals surface area contributed by atoms with E-state index in [-0.39, 0.29) is 11.3 Å². The molecular weight excluding hydrogens is 306 g/mol. The highest BCUT2D eigenvalue weighted by molar-refractivity contribution is 6.11. The van der Waals surface area contributed by atoms with Gasteiger partial charge in [-0.15, -0.1) is 0 Å². The molecule has 3 rings (SSSR count). The maximum atomic E-state index is 12.4. The Morgan fingerprint density at radius 1 is 0.917 bits per heavy atom. The number of hydrogen-bond acceptors (Lipinski definition) is 4. The van der Waals surface area contributed by atoms with Crippen molar-refractivity contribution in [2.45, 2.75) is 6.92 Å². The average Bonchev–Trinajstić information content (AvgIpc) is 2.96. The second kappa shape index (κ2) is 6.20. The van der Waals surface area contributed by atoms with Crippen LogP contribution >= 0.6 is 0 Å². The van der Waals surface area contributed by atoms with Gasteiger partial charge in [-0.2, -0.15) is 0 Å². The number of fused-ring (bicyclic) bond motifs is 1. The highest BCUT2D eigenvalue weighted by atomic mass is 16.5. The van der Waals surface area contributed by atoms with Crippen molar-refractivity contribution >= 4 is 17.5 Å². The lowest BCUT2D eigenvalue weighted by Crippen LogP contribution is -2.13. The van der Waals surface area contributed by atoms with Gasteiger partial charge >= 0.3 is 11.9 Å². The summed E-state index contributed by atoms with van der Waals surface area (Å²) in [4.78, 5) is 24.8. The molecule has 0 N–H and O–H groups in total. The van der Waals surface area contributed by atoms with E-state index in [1.54, 1.807) is 16.7 Å². The molecule has 0 atom stereocenters. The maximum absolute atomic E-state index is 12.4. The van der Waals surface area contributed by atoms with Crippen molar-refractivity contribution in [1.82, 2.24) is 4.40 Å². The van der Waals surface area contributed by atoms with E-state index in [2.05, 4.69) is 0 Å². The van der Waals surface area contributed by atoms with E-state index in [1.165, 1.54) is 14.2 Å². The van der Waals surface area contributed by atoms with Crippen LogP contribution in [-0.2, 0) is 9.47 Å². The lowest BCUT2D eigenvalue weighted by Gasteiger charge is -2.06. The third-order valence-corrected chi connectivity index (χ3v) is 3.95. The molecule has 0 spiro atoms. The molecule has 3 aromatic rings. The predicted octanol–water partition coefficient (Wildman–Crippen LogP) is 3.49. The molecule has 1 aromatic carbocycles. The molecule has 0 fully saturated rings. The number of hydrogen-bond donors (Lipinski definition) is 0. The van der Waals surface area contributed by atoms with E-state index in [4.69, 9.17) is 9.47 Å². The number of carbonyl (C=O) groups excluding carboxylic acids is 2. The maximum Gasteiger partial charge on any atom is 0.355 e. The Kier molecular flexibility index (Phi) is 4.08. The van der Waals surface area contributed by atoms with Gasteiger partial charge in [0.05, 0.1) is 19.7 Å². The van der Waals surface area contributed by atoms with Crippen LogP contribution in [0.15, 0.2) is 48.7 Å². The fourth-order valence-electron chi connectivity index (χ4n) is 2.82. The summed E-state index contributed by atoms with van der Waals surface area (Å²) in [6.45, 7) is 1.99. The first-order valence-electron chi connectivity index (χ1n) is 7.45. The van der Waals surface area contributed by atoms with Crippen LogP contribution < -0.4 is 0 Å². The summed E-state index contributed by atoms with van der Waals surface area (Å²) in [6, 6.07) is 13.3. The molecule has 0 aliphatic carbocycles. The Balaban J connectivity index is 2.44. The number of aryl methyl sites for hydroxylation is 1. The highest BCUT2D eigenvalue weighted by Gasteiger charge is 2.29. The van der Waals surface area contributed by atoms with Crippen molar-refractivity contribution in [1.29, 1.82) is 0 Å². The van der Waals surface area contributed by atoms with Gasteiger partial charge in [0.1, 0.15) is 11.3 Å². The number of carbonyl (C=O) groups is 2. The monoisotopic (exact) mass is 323 g/mol. The van der Waals surface area contributed by atoms with Gasteiger partial charge in [-0.3, -0.25) is 0 Å². The second-order valence-electron chi connectivity index (χ2n) is 5.40. The summed E-state index contributed by atoms with van der Waals surface area (Å²) in [6.07, 6.45) is 1.73. The fraction of sp³-hybridized carbons (Fsp3) is 0.158.